The summed E-state index contributed by atoms with van der Waals surface area (Å²) in [5.41, 5.74) is 4.40. The molecule has 3 atom stereocenters. The van der Waals surface area contributed by atoms with Crippen LogP contribution in [0.25, 0.3) is 10.9 Å². The van der Waals surface area contributed by atoms with Crippen LogP contribution in [0.1, 0.15) is 35.7 Å². The number of carboxylic acid groups (broad SMARTS) is 1. The fourth-order valence-electron chi connectivity index (χ4n) is 3.52. The van der Waals surface area contributed by atoms with Crippen LogP contribution in [0.2, 0.25) is 0 Å². The second kappa shape index (κ2) is 6.37. The Morgan fingerprint density at radius 1 is 1.46 bits per heavy atom. The second-order valence-electron chi connectivity index (χ2n) is 7.59. The van der Waals surface area contributed by atoms with Crippen molar-refractivity contribution in [1.82, 2.24) is 4.57 Å². The molecule has 4 rings (SSSR count). The average molecular weight is 391 g/mol. The standard InChI is InChI=1S/C19H19F2N3O4/c20-11-3-9-14(5-13(11)23-6-16(22)19(8-25)1-2-19)24(15-4-12(15)21)7-10(17(9)26)18(27)28/h3,5,7-8,12,15-16,23H,1-2,4,6,22H2,(H,27,28)/t12-,15+,16?/m0/s1. The highest BCUT2D eigenvalue weighted by atomic mass is 19.1. The van der Waals surface area contributed by atoms with Gasteiger partial charge in [0.05, 0.1) is 17.2 Å². The number of aldehydes is 1. The highest BCUT2D eigenvalue weighted by Crippen LogP contribution is 2.46. The number of hydrogen-bond donors (Lipinski definition) is 3. The molecule has 1 aromatic carbocycles. The minimum Gasteiger partial charge on any atom is -0.477 e. The number of aromatic nitrogens is 1. The zero-order chi connectivity index (χ0) is 20.2. The van der Waals surface area contributed by atoms with Gasteiger partial charge in [-0.15, -0.1) is 0 Å². The predicted octanol–water partition coefficient (Wildman–Crippen LogP) is 1.84. The number of anilines is 1. The van der Waals surface area contributed by atoms with Crippen molar-refractivity contribution in [1.29, 1.82) is 0 Å². The Bertz CT molecular complexity index is 1050. The van der Waals surface area contributed by atoms with Gasteiger partial charge in [-0.25, -0.2) is 13.6 Å². The Morgan fingerprint density at radius 3 is 2.68 bits per heavy atom. The van der Waals surface area contributed by atoms with Gasteiger partial charge in [-0.05, 0) is 25.0 Å². The predicted molar refractivity (Wildman–Crippen MR) is 97.9 cm³/mol. The van der Waals surface area contributed by atoms with Crippen molar-refractivity contribution in [2.75, 3.05) is 11.9 Å². The van der Waals surface area contributed by atoms with E-state index in [0.717, 1.165) is 18.5 Å². The zero-order valence-electron chi connectivity index (χ0n) is 14.8. The number of nitrogens with one attached hydrogen (secondary N) is 1. The van der Waals surface area contributed by atoms with Crippen molar-refractivity contribution in [3.63, 3.8) is 0 Å². The number of fused-ring (bicyclic) bond motifs is 1. The lowest BCUT2D eigenvalue weighted by atomic mass is 9.99. The smallest absolute Gasteiger partial charge is 0.341 e. The molecule has 0 radical (unpaired) electrons. The first-order chi connectivity index (χ1) is 13.3. The molecule has 2 aliphatic carbocycles. The van der Waals surface area contributed by atoms with E-state index in [1.807, 2.05) is 0 Å². The van der Waals surface area contributed by atoms with Crippen LogP contribution in [0.4, 0.5) is 14.5 Å². The monoisotopic (exact) mass is 391 g/mol. The van der Waals surface area contributed by atoms with Crippen LogP contribution < -0.4 is 16.5 Å². The van der Waals surface area contributed by atoms with Gasteiger partial charge in [-0.2, -0.15) is 0 Å². The Morgan fingerprint density at radius 2 is 2.14 bits per heavy atom. The van der Waals surface area contributed by atoms with Crippen LogP contribution >= 0.6 is 0 Å². The number of rotatable bonds is 7. The van der Waals surface area contributed by atoms with Crippen LogP contribution in [0, 0.1) is 11.2 Å². The molecule has 0 saturated heterocycles. The molecular formula is C19H19F2N3O4. The van der Waals surface area contributed by atoms with E-state index in [-0.39, 0.29) is 29.6 Å². The number of aromatic carboxylic acids is 1. The van der Waals surface area contributed by atoms with Crippen molar-refractivity contribution < 1.29 is 23.5 Å². The van der Waals surface area contributed by atoms with Gasteiger partial charge in [0.1, 0.15) is 23.8 Å². The number of hydrogen-bond acceptors (Lipinski definition) is 5. The summed E-state index contributed by atoms with van der Waals surface area (Å²) < 4.78 is 29.6. The topological polar surface area (TPSA) is 114 Å². The molecule has 4 N–H and O–H groups in total. The Hall–Kier alpha value is -2.81. The number of carbonyl (C=O) groups excluding carboxylic acids is 1. The first-order valence-corrected chi connectivity index (χ1v) is 8.99. The third-order valence-electron chi connectivity index (χ3n) is 5.70. The van der Waals surface area contributed by atoms with Crippen molar-refractivity contribution in [3.8, 4) is 0 Å². The van der Waals surface area contributed by atoms with Gasteiger partial charge in [-0.1, -0.05) is 0 Å². The summed E-state index contributed by atoms with van der Waals surface area (Å²) in [7, 11) is 0. The van der Waals surface area contributed by atoms with Crippen molar-refractivity contribution >= 4 is 28.8 Å². The van der Waals surface area contributed by atoms with Gasteiger partial charge in [-0.3, -0.25) is 4.79 Å². The van der Waals surface area contributed by atoms with Crippen LogP contribution in [0.3, 0.4) is 0 Å². The third-order valence-corrected chi connectivity index (χ3v) is 5.70. The lowest BCUT2D eigenvalue weighted by molar-refractivity contribution is -0.112. The second-order valence-corrected chi connectivity index (χ2v) is 7.59. The fourth-order valence-corrected chi connectivity index (χ4v) is 3.52. The van der Waals surface area contributed by atoms with E-state index in [9.17, 15) is 28.3 Å². The number of halogens is 2. The minimum atomic E-state index is -1.45. The van der Waals surface area contributed by atoms with Crippen molar-refractivity contribution in [2.24, 2.45) is 11.1 Å². The van der Waals surface area contributed by atoms with Gasteiger partial charge in [0, 0.05) is 36.0 Å². The van der Waals surface area contributed by atoms with E-state index < -0.39 is 46.4 Å². The molecule has 2 saturated carbocycles. The Kier molecular flexibility index (Phi) is 4.22. The quantitative estimate of drug-likeness (QED) is 0.621. The number of nitrogens with zero attached hydrogens (tertiary/aromatic N) is 1. The largest absolute Gasteiger partial charge is 0.477 e. The molecule has 2 aliphatic rings. The number of benzene rings is 1. The molecule has 9 heteroatoms. The molecule has 28 heavy (non-hydrogen) atoms. The molecule has 7 nitrogen and oxygen atoms in total. The number of nitrogens with two attached hydrogens (primary N) is 1. The zero-order valence-corrected chi connectivity index (χ0v) is 14.8. The molecule has 148 valence electrons. The maximum Gasteiger partial charge on any atom is 0.341 e. The maximum absolute atomic E-state index is 14.6. The van der Waals surface area contributed by atoms with Gasteiger partial charge in [0.25, 0.3) is 0 Å². The van der Waals surface area contributed by atoms with E-state index in [0.29, 0.717) is 12.8 Å². The molecule has 2 aromatic rings. The maximum atomic E-state index is 14.6. The SMILES string of the molecule is NC(CNc1cc2c(cc1F)c(=O)c(C(=O)O)cn2[C@@H]1C[C@@H]1F)C1(C=O)CC1. The third kappa shape index (κ3) is 2.95. The van der Waals surface area contributed by atoms with Crippen LogP contribution in [0.15, 0.2) is 23.1 Å². The van der Waals surface area contributed by atoms with Gasteiger partial charge in [0.15, 0.2) is 0 Å². The van der Waals surface area contributed by atoms with Crippen LogP contribution in [-0.4, -0.2) is 40.7 Å². The Labute approximate surface area is 158 Å². The van der Waals surface area contributed by atoms with Crippen molar-refractivity contribution in [3.05, 3.63) is 39.9 Å². The summed E-state index contributed by atoms with van der Waals surface area (Å²) in [6, 6.07) is 1.23. The summed E-state index contributed by atoms with van der Waals surface area (Å²) in [5, 5.41) is 12.0. The highest BCUT2D eigenvalue weighted by Gasteiger charge is 2.47. The molecule has 0 aliphatic heterocycles. The van der Waals surface area contributed by atoms with E-state index in [2.05, 4.69) is 5.32 Å². The molecule has 2 fully saturated rings. The van der Waals surface area contributed by atoms with Gasteiger partial charge in [0.2, 0.25) is 5.43 Å². The first-order valence-electron chi connectivity index (χ1n) is 8.99. The first kappa shape index (κ1) is 18.5. The van der Waals surface area contributed by atoms with E-state index in [4.69, 9.17) is 5.73 Å². The number of pyridine rings is 1. The number of alkyl halides is 1. The van der Waals surface area contributed by atoms with Crippen molar-refractivity contribution in [2.45, 2.75) is 37.5 Å². The average Bonchev–Trinajstić information content (AvgIpc) is 3.57. The summed E-state index contributed by atoms with van der Waals surface area (Å²) in [4.78, 5) is 34.9. The molecule has 1 aromatic heterocycles. The van der Waals surface area contributed by atoms with E-state index >= 15 is 0 Å². The highest BCUT2D eigenvalue weighted by molar-refractivity contribution is 5.93. The summed E-state index contributed by atoms with van der Waals surface area (Å²) >= 11 is 0. The lowest BCUT2D eigenvalue weighted by Crippen LogP contribution is -2.39. The summed E-state index contributed by atoms with van der Waals surface area (Å²) in [6.07, 6.45) is 2.37. The van der Waals surface area contributed by atoms with Crippen LogP contribution in [0.5, 0.6) is 0 Å². The number of carboxylic acids is 1. The van der Waals surface area contributed by atoms with Gasteiger partial charge < -0.3 is 25.5 Å². The molecule has 1 unspecified atom stereocenters. The van der Waals surface area contributed by atoms with E-state index in [1.54, 1.807) is 0 Å². The summed E-state index contributed by atoms with van der Waals surface area (Å²) in [6.45, 7) is 0.147. The van der Waals surface area contributed by atoms with Gasteiger partial charge >= 0.3 is 5.97 Å². The van der Waals surface area contributed by atoms with E-state index in [1.165, 1.54) is 10.6 Å². The number of carbonyl (C=O) groups is 2. The molecule has 1 heterocycles. The Balaban J connectivity index is 1.74. The lowest BCUT2D eigenvalue weighted by Gasteiger charge is -2.20. The minimum absolute atomic E-state index is 0.0527. The molecule has 0 spiro atoms. The molecular weight excluding hydrogens is 372 g/mol. The van der Waals surface area contributed by atoms with Crippen LogP contribution in [-0.2, 0) is 4.79 Å². The fraction of sp³-hybridized carbons (Fsp3) is 0.421. The summed E-state index contributed by atoms with van der Waals surface area (Å²) in [5.74, 6) is -2.21. The molecule has 0 amide bonds. The molecule has 0 bridgehead atoms. The normalized spacial score (nSPS) is 23.2.